The van der Waals surface area contributed by atoms with Crippen LogP contribution >= 0.6 is 0 Å². The normalized spacial score (nSPS) is 11.0. The molecular weight excluding hydrogens is 282 g/mol. The van der Waals surface area contributed by atoms with Gasteiger partial charge in [0.15, 0.2) is 0 Å². The minimum Gasteiger partial charge on any atom is -0.478 e. The van der Waals surface area contributed by atoms with Gasteiger partial charge in [0, 0.05) is 23.5 Å². The number of aromatic carboxylic acids is 1. The minimum absolute atomic E-state index is 0.0272. The molecule has 0 atom stereocenters. The van der Waals surface area contributed by atoms with E-state index in [0.717, 1.165) is 0 Å². The average molecular weight is 292 g/mol. The molecule has 0 spiro atoms. The molecule has 0 fully saturated rings. The number of carboxylic acids is 1. The first-order chi connectivity index (χ1) is 10.1. The molecule has 5 nitrogen and oxygen atoms in total. The lowest BCUT2D eigenvalue weighted by Gasteiger charge is -2.08. The summed E-state index contributed by atoms with van der Waals surface area (Å²) >= 11 is 0. The number of carboxylic acid groups (broad SMARTS) is 1. The molecule has 108 valence electrons. The van der Waals surface area contributed by atoms with E-state index in [9.17, 15) is 13.6 Å². The number of rotatable bonds is 5. The molecule has 0 unspecified atom stereocenters. The maximum absolute atomic E-state index is 12.3. The van der Waals surface area contributed by atoms with Gasteiger partial charge in [-0.05, 0) is 18.2 Å². The van der Waals surface area contributed by atoms with Crippen LogP contribution in [0.1, 0.15) is 21.5 Å². The first kappa shape index (κ1) is 14.6. The van der Waals surface area contributed by atoms with Crippen molar-refractivity contribution in [2.45, 2.75) is 6.61 Å². The van der Waals surface area contributed by atoms with Gasteiger partial charge in [0.2, 0.25) is 0 Å². The summed E-state index contributed by atoms with van der Waals surface area (Å²) in [7, 11) is 0. The van der Waals surface area contributed by atoms with Crippen molar-refractivity contribution in [1.82, 2.24) is 9.97 Å². The Kier molecular flexibility index (Phi) is 4.55. The lowest BCUT2D eigenvalue weighted by Crippen LogP contribution is -2.04. The Bertz CT molecular complexity index is 661. The topological polar surface area (TPSA) is 72.3 Å². The smallest absolute Gasteiger partial charge is 0.387 e. The standard InChI is InChI=1S/C14H10F2N2O3/c15-14(16)21-12-4-3-11(13(19)20)5-10(12)2-1-9-6-17-8-18-7-9/h1-8,14H,(H,19,20). The van der Waals surface area contributed by atoms with Crippen LogP contribution in [0.15, 0.2) is 36.9 Å². The summed E-state index contributed by atoms with van der Waals surface area (Å²) in [6.45, 7) is -2.99. The molecule has 0 bridgehead atoms. The molecule has 0 aliphatic carbocycles. The fourth-order valence-electron chi connectivity index (χ4n) is 1.60. The second-order valence-corrected chi connectivity index (χ2v) is 3.94. The third-order valence-corrected chi connectivity index (χ3v) is 2.51. The molecule has 0 saturated heterocycles. The number of halogens is 2. The van der Waals surface area contributed by atoms with Crippen LogP contribution in [-0.4, -0.2) is 27.7 Å². The average Bonchev–Trinajstić information content (AvgIpc) is 2.46. The summed E-state index contributed by atoms with van der Waals surface area (Å²) < 4.78 is 29.0. The molecule has 0 aliphatic heterocycles. The van der Waals surface area contributed by atoms with Gasteiger partial charge in [-0.3, -0.25) is 0 Å². The van der Waals surface area contributed by atoms with Crippen LogP contribution < -0.4 is 4.74 Å². The summed E-state index contributed by atoms with van der Waals surface area (Å²) in [5.74, 6) is -1.26. The van der Waals surface area contributed by atoms with Gasteiger partial charge in [0.1, 0.15) is 12.1 Å². The van der Waals surface area contributed by atoms with Crippen molar-refractivity contribution < 1.29 is 23.4 Å². The summed E-state index contributed by atoms with van der Waals surface area (Å²) in [4.78, 5) is 18.5. The number of nitrogens with zero attached hydrogens (tertiary/aromatic N) is 2. The molecule has 1 aromatic carbocycles. The number of ether oxygens (including phenoxy) is 1. The molecule has 1 aromatic heterocycles. The second-order valence-electron chi connectivity index (χ2n) is 3.94. The van der Waals surface area contributed by atoms with E-state index in [2.05, 4.69) is 14.7 Å². The monoisotopic (exact) mass is 292 g/mol. The van der Waals surface area contributed by atoms with Crippen molar-refractivity contribution in [2.24, 2.45) is 0 Å². The summed E-state index contributed by atoms with van der Waals surface area (Å²) in [6.07, 6.45) is 7.44. The quantitative estimate of drug-likeness (QED) is 0.917. The van der Waals surface area contributed by atoms with Gasteiger partial charge < -0.3 is 9.84 Å². The first-order valence-electron chi connectivity index (χ1n) is 5.81. The van der Waals surface area contributed by atoms with Gasteiger partial charge >= 0.3 is 12.6 Å². The van der Waals surface area contributed by atoms with Crippen LogP contribution in [0.5, 0.6) is 5.75 Å². The molecule has 0 aliphatic rings. The Balaban J connectivity index is 2.36. The van der Waals surface area contributed by atoms with Gasteiger partial charge in [-0.1, -0.05) is 12.2 Å². The molecule has 7 heteroatoms. The van der Waals surface area contributed by atoms with Crippen LogP contribution in [0.4, 0.5) is 8.78 Å². The van der Waals surface area contributed by atoms with Crippen molar-refractivity contribution in [3.63, 3.8) is 0 Å². The summed E-state index contributed by atoms with van der Waals surface area (Å²) in [6, 6.07) is 3.64. The van der Waals surface area contributed by atoms with Crippen molar-refractivity contribution >= 4 is 18.1 Å². The van der Waals surface area contributed by atoms with E-state index >= 15 is 0 Å². The van der Waals surface area contributed by atoms with Gasteiger partial charge in [-0.2, -0.15) is 8.78 Å². The van der Waals surface area contributed by atoms with Gasteiger partial charge in [0.25, 0.3) is 0 Å². The number of carbonyl (C=O) groups is 1. The van der Waals surface area contributed by atoms with Gasteiger partial charge in [-0.15, -0.1) is 0 Å². The Morgan fingerprint density at radius 2 is 1.95 bits per heavy atom. The molecular formula is C14H10F2N2O3. The molecule has 1 heterocycles. The minimum atomic E-state index is -2.99. The molecule has 0 saturated carbocycles. The predicted molar refractivity (Wildman–Crippen MR) is 71.0 cm³/mol. The van der Waals surface area contributed by atoms with E-state index in [4.69, 9.17) is 5.11 Å². The highest BCUT2D eigenvalue weighted by Gasteiger charge is 2.11. The maximum atomic E-state index is 12.3. The Morgan fingerprint density at radius 3 is 2.57 bits per heavy atom. The molecule has 0 radical (unpaired) electrons. The van der Waals surface area contributed by atoms with E-state index in [1.807, 2.05) is 0 Å². The van der Waals surface area contributed by atoms with E-state index in [1.54, 1.807) is 6.08 Å². The zero-order valence-electron chi connectivity index (χ0n) is 10.6. The molecule has 2 aromatic rings. The highest BCUT2D eigenvalue weighted by atomic mass is 19.3. The number of aromatic nitrogens is 2. The Labute approximate surface area is 118 Å². The SMILES string of the molecule is O=C(O)c1ccc(OC(F)F)c(C=Cc2cncnc2)c1. The van der Waals surface area contributed by atoms with Crippen LogP contribution in [0, 0.1) is 0 Å². The van der Waals surface area contributed by atoms with Gasteiger partial charge in [0.05, 0.1) is 5.56 Å². The van der Waals surface area contributed by atoms with E-state index in [0.29, 0.717) is 5.56 Å². The van der Waals surface area contributed by atoms with Crippen LogP contribution in [0.2, 0.25) is 0 Å². The zero-order valence-corrected chi connectivity index (χ0v) is 10.6. The number of hydrogen-bond acceptors (Lipinski definition) is 4. The zero-order chi connectivity index (χ0) is 15.2. The molecule has 0 amide bonds. The highest BCUT2D eigenvalue weighted by molar-refractivity contribution is 5.89. The second kappa shape index (κ2) is 6.56. The number of benzene rings is 1. The fraction of sp³-hybridized carbons (Fsp3) is 0.0714. The maximum Gasteiger partial charge on any atom is 0.387 e. The van der Waals surface area contributed by atoms with Gasteiger partial charge in [-0.25, -0.2) is 14.8 Å². The van der Waals surface area contributed by atoms with E-state index in [-0.39, 0.29) is 16.9 Å². The van der Waals surface area contributed by atoms with E-state index in [1.165, 1.54) is 43.0 Å². The van der Waals surface area contributed by atoms with Crippen LogP contribution in [0.3, 0.4) is 0 Å². The summed E-state index contributed by atoms with van der Waals surface area (Å²) in [5.41, 5.74) is 0.834. The van der Waals surface area contributed by atoms with Crippen LogP contribution in [-0.2, 0) is 0 Å². The number of alkyl halides is 2. The summed E-state index contributed by atoms with van der Waals surface area (Å²) in [5, 5.41) is 8.93. The fourth-order valence-corrected chi connectivity index (χ4v) is 1.60. The van der Waals surface area contributed by atoms with Crippen molar-refractivity contribution in [3.05, 3.63) is 53.6 Å². The largest absolute Gasteiger partial charge is 0.478 e. The Morgan fingerprint density at radius 1 is 1.24 bits per heavy atom. The molecule has 1 N–H and O–H groups in total. The van der Waals surface area contributed by atoms with Crippen LogP contribution in [0.25, 0.3) is 12.2 Å². The predicted octanol–water partition coefficient (Wildman–Crippen LogP) is 2.95. The lowest BCUT2D eigenvalue weighted by atomic mass is 10.1. The van der Waals surface area contributed by atoms with Crippen molar-refractivity contribution in [3.8, 4) is 5.75 Å². The highest BCUT2D eigenvalue weighted by Crippen LogP contribution is 2.24. The molecule has 21 heavy (non-hydrogen) atoms. The first-order valence-corrected chi connectivity index (χ1v) is 5.81. The number of hydrogen-bond donors (Lipinski definition) is 1. The van der Waals surface area contributed by atoms with Crippen molar-refractivity contribution in [1.29, 1.82) is 0 Å². The van der Waals surface area contributed by atoms with Crippen molar-refractivity contribution in [2.75, 3.05) is 0 Å². The lowest BCUT2D eigenvalue weighted by molar-refractivity contribution is -0.0499. The third kappa shape index (κ3) is 4.07. The third-order valence-electron chi connectivity index (χ3n) is 2.51. The Hall–Kier alpha value is -2.83. The molecule has 2 rings (SSSR count). The van der Waals surface area contributed by atoms with E-state index < -0.39 is 12.6 Å².